The Morgan fingerprint density at radius 1 is 1.35 bits per heavy atom. The summed E-state index contributed by atoms with van der Waals surface area (Å²) in [6.07, 6.45) is 3.82. The number of hydrogen-bond acceptors (Lipinski definition) is 5. The highest BCUT2D eigenvalue weighted by molar-refractivity contribution is 8.13. The highest BCUT2D eigenvalue weighted by Gasteiger charge is 2.19. The number of amidine groups is 1. The van der Waals surface area contributed by atoms with E-state index in [4.69, 9.17) is 10.00 Å². The number of anilines is 1. The lowest BCUT2D eigenvalue weighted by Gasteiger charge is -2.37. The van der Waals surface area contributed by atoms with Gasteiger partial charge < -0.3 is 14.5 Å². The third-order valence-electron chi connectivity index (χ3n) is 3.30. The summed E-state index contributed by atoms with van der Waals surface area (Å²) in [7, 11) is 1.68. The molecular weight excluding hydrogens is 272 g/mol. The number of thioether (sulfide) groups is 1. The zero-order valence-corrected chi connectivity index (χ0v) is 12.6. The Morgan fingerprint density at radius 2 is 2.10 bits per heavy atom. The van der Waals surface area contributed by atoms with Gasteiger partial charge in [-0.25, -0.2) is 0 Å². The van der Waals surface area contributed by atoms with Crippen LogP contribution in [0.3, 0.4) is 0 Å². The summed E-state index contributed by atoms with van der Waals surface area (Å²) >= 11 is 1.52. The van der Waals surface area contributed by atoms with Crippen LogP contribution in [-0.4, -0.2) is 49.6 Å². The van der Waals surface area contributed by atoms with Gasteiger partial charge in [0.2, 0.25) is 6.19 Å². The topological polar surface area (TPSA) is 51.9 Å². The Labute approximate surface area is 123 Å². The second-order valence-corrected chi connectivity index (χ2v) is 5.15. The lowest BCUT2D eigenvalue weighted by molar-refractivity contribution is 0.391. The molecule has 1 aliphatic heterocycles. The molecule has 1 aromatic rings. The third-order valence-corrected chi connectivity index (χ3v) is 4.01. The summed E-state index contributed by atoms with van der Waals surface area (Å²) < 4.78 is 5.26. The summed E-state index contributed by atoms with van der Waals surface area (Å²) in [5.74, 6) is 0.876. The average Bonchev–Trinajstić information content (AvgIpc) is 2.53. The number of nitriles is 1. The number of aliphatic imine (C=N–C) groups is 1. The molecule has 0 unspecified atom stereocenters. The highest BCUT2D eigenvalue weighted by atomic mass is 32.2. The molecule has 1 saturated heterocycles. The number of hydrogen-bond donors (Lipinski definition) is 0. The van der Waals surface area contributed by atoms with Gasteiger partial charge in [-0.15, -0.1) is 4.99 Å². The van der Waals surface area contributed by atoms with Crippen LogP contribution in [0.25, 0.3) is 0 Å². The first-order chi connectivity index (χ1) is 9.78. The molecular formula is C14H18N4OS. The lowest BCUT2D eigenvalue weighted by Crippen LogP contribution is -2.48. The molecule has 0 bridgehead atoms. The van der Waals surface area contributed by atoms with Gasteiger partial charge in [-0.05, 0) is 18.4 Å². The molecule has 5 nitrogen and oxygen atoms in total. The Morgan fingerprint density at radius 3 is 2.70 bits per heavy atom. The van der Waals surface area contributed by atoms with Crippen LogP contribution in [0.15, 0.2) is 29.3 Å². The van der Waals surface area contributed by atoms with E-state index in [-0.39, 0.29) is 0 Å². The Hall–Kier alpha value is -1.87. The zero-order chi connectivity index (χ0) is 14.4. The summed E-state index contributed by atoms with van der Waals surface area (Å²) in [6.45, 7) is 3.58. The van der Waals surface area contributed by atoms with Crippen LogP contribution in [0.5, 0.6) is 5.75 Å². The van der Waals surface area contributed by atoms with Crippen molar-refractivity contribution in [1.29, 1.82) is 5.26 Å². The largest absolute Gasteiger partial charge is 0.497 e. The van der Waals surface area contributed by atoms with Gasteiger partial charge in [0.1, 0.15) is 5.75 Å². The Balaban J connectivity index is 2.00. The summed E-state index contributed by atoms with van der Waals surface area (Å²) in [5.41, 5.74) is 1.17. The van der Waals surface area contributed by atoms with E-state index >= 15 is 0 Å². The van der Waals surface area contributed by atoms with Gasteiger partial charge in [0, 0.05) is 37.9 Å². The fraction of sp³-hybridized carbons (Fsp3) is 0.429. The van der Waals surface area contributed by atoms with Gasteiger partial charge in [0.15, 0.2) is 5.17 Å². The molecule has 0 spiro atoms. The molecule has 20 heavy (non-hydrogen) atoms. The Bertz CT molecular complexity index is 518. The van der Waals surface area contributed by atoms with Crippen LogP contribution in [0, 0.1) is 11.5 Å². The molecule has 6 heteroatoms. The molecule has 1 aliphatic rings. The maximum absolute atomic E-state index is 8.68. The van der Waals surface area contributed by atoms with Crippen molar-refractivity contribution in [2.75, 3.05) is 44.4 Å². The van der Waals surface area contributed by atoms with Crippen LogP contribution in [0.2, 0.25) is 0 Å². The first kappa shape index (κ1) is 14.5. The van der Waals surface area contributed by atoms with Crippen LogP contribution >= 0.6 is 11.8 Å². The Kier molecular flexibility index (Phi) is 5.13. The molecule has 0 aliphatic carbocycles. The van der Waals surface area contributed by atoms with Crippen LogP contribution in [-0.2, 0) is 0 Å². The molecule has 0 N–H and O–H groups in total. The normalized spacial score (nSPS) is 15.9. The quantitative estimate of drug-likeness (QED) is 0.474. The molecule has 1 aromatic carbocycles. The predicted octanol–water partition coefficient (Wildman–Crippen LogP) is 2.02. The van der Waals surface area contributed by atoms with Gasteiger partial charge in [-0.1, -0.05) is 17.8 Å². The number of piperazine rings is 1. The molecule has 0 saturated carbocycles. The van der Waals surface area contributed by atoms with E-state index in [1.54, 1.807) is 7.11 Å². The standard InChI is InChI=1S/C14H18N4OS/c1-19-13-5-3-4-12(10-13)17-6-8-18(9-7-17)14(20-2)16-11-15/h3-5,10H,6-9H2,1-2H3. The van der Waals surface area contributed by atoms with Crippen LogP contribution in [0.1, 0.15) is 0 Å². The number of rotatable bonds is 2. The maximum Gasteiger partial charge on any atom is 0.208 e. The third kappa shape index (κ3) is 3.36. The number of methoxy groups -OCH3 is 1. The van der Waals surface area contributed by atoms with Crippen LogP contribution < -0.4 is 9.64 Å². The van der Waals surface area contributed by atoms with Gasteiger partial charge in [-0.2, -0.15) is 5.26 Å². The van der Waals surface area contributed by atoms with E-state index in [0.717, 1.165) is 37.1 Å². The predicted molar refractivity (Wildman–Crippen MR) is 83.3 cm³/mol. The fourth-order valence-corrected chi connectivity index (χ4v) is 2.82. The summed E-state index contributed by atoms with van der Waals surface area (Å²) in [6, 6.07) is 8.10. The van der Waals surface area contributed by atoms with Crippen molar-refractivity contribution in [2.24, 2.45) is 4.99 Å². The lowest BCUT2D eigenvalue weighted by atomic mass is 10.2. The second kappa shape index (κ2) is 7.06. The highest BCUT2D eigenvalue weighted by Crippen LogP contribution is 2.22. The van der Waals surface area contributed by atoms with Crippen molar-refractivity contribution in [3.05, 3.63) is 24.3 Å². The van der Waals surface area contributed by atoms with Crippen molar-refractivity contribution in [2.45, 2.75) is 0 Å². The molecule has 0 aromatic heterocycles. The minimum atomic E-state index is 0.804. The van der Waals surface area contributed by atoms with E-state index in [1.165, 1.54) is 17.4 Å². The van der Waals surface area contributed by atoms with E-state index in [2.05, 4.69) is 26.9 Å². The molecule has 0 atom stereocenters. The van der Waals surface area contributed by atoms with Gasteiger partial charge in [-0.3, -0.25) is 0 Å². The van der Waals surface area contributed by atoms with Crippen molar-refractivity contribution in [1.82, 2.24) is 4.90 Å². The zero-order valence-electron chi connectivity index (χ0n) is 11.7. The van der Waals surface area contributed by atoms with Gasteiger partial charge >= 0.3 is 0 Å². The van der Waals surface area contributed by atoms with E-state index in [9.17, 15) is 0 Å². The van der Waals surface area contributed by atoms with Crippen molar-refractivity contribution in [3.8, 4) is 11.9 Å². The smallest absolute Gasteiger partial charge is 0.208 e. The summed E-state index contributed by atoms with van der Waals surface area (Å²) in [4.78, 5) is 8.34. The molecule has 2 rings (SSSR count). The fourth-order valence-electron chi connectivity index (χ4n) is 2.25. The molecule has 1 heterocycles. The first-order valence-electron chi connectivity index (χ1n) is 6.43. The average molecular weight is 290 g/mol. The monoisotopic (exact) mass is 290 g/mol. The van der Waals surface area contributed by atoms with E-state index in [0.29, 0.717) is 0 Å². The molecule has 1 fully saturated rings. The molecule has 0 amide bonds. The second-order valence-electron chi connectivity index (χ2n) is 4.37. The van der Waals surface area contributed by atoms with Crippen molar-refractivity contribution in [3.63, 3.8) is 0 Å². The SMILES string of the molecule is COc1cccc(N2CCN(C(=NC#N)SC)CC2)c1. The number of benzene rings is 1. The molecule has 106 valence electrons. The first-order valence-corrected chi connectivity index (χ1v) is 7.65. The van der Waals surface area contributed by atoms with Crippen molar-refractivity contribution < 1.29 is 4.74 Å². The number of ether oxygens (including phenoxy) is 1. The number of nitrogens with zero attached hydrogens (tertiary/aromatic N) is 4. The molecule has 0 radical (unpaired) electrons. The minimum absolute atomic E-state index is 0.804. The van der Waals surface area contributed by atoms with Gasteiger partial charge in [0.05, 0.1) is 7.11 Å². The van der Waals surface area contributed by atoms with Crippen molar-refractivity contribution >= 4 is 22.6 Å². The van der Waals surface area contributed by atoms with E-state index in [1.807, 2.05) is 24.6 Å². The maximum atomic E-state index is 8.68. The summed E-state index contributed by atoms with van der Waals surface area (Å²) in [5, 5.41) is 9.49. The van der Waals surface area contributed by atoms with Gasteiger partial charge in [0.25, 0.3) is 0 Å². The van der Waals surface area contributed by atoms with E-state index < -0.39 is 0 Å². The van der Waals surface area contributed by atoms with Crippen LogP contribution in [0.4, 0.5) is 5.69 Å². The minimum Gasteiger partial charge on any atom is -0.497 e.